The second-order valence-electron chi connectivity index (χ2n) is 6.06. The summed E-state index contributed by atoms with van der Waals surface area (Å²) in [5.41, 5.74) is 4.76. The van der Waals surface area contributed by atoms with Gasteiger partial charge in [-0.05, 0) is 51.1 Å². The van der Waals surface area contributed by atoms with Crippen molar-refractivity contribution in [3.8, 4) is 17.3 Å². The monoisotopic (exact) mass is 338 g/mol. The lowest BCUT2D eigenvalue weighted by atomic mass is 10.1. The molecule has 3 rings (SSSR count). The first-order chi connectivity index (χ1) is 11.5. The molecule has 0 amide bonds. The predicted molar refractivity (Wildman–Crippen MR) is 96.0 cm³/mol. The van der Waals surface area contributed by atoms with Crippen LogP contribution in [0, 0.1) is 25.2 Å². The Labute approximate surface area is 146 Å². The van der Waals surface area contributed by atoms with E-state index in [1.54, 1.807) is 12.1 Å². The van der Waals surface area contributed by atoms with Crippen LogP contribution in [-0.2, 0) is 6.54 Å². The molecular weight excluding hydrogens is 320 g/mol. The van der Waals surface area contributed by atoms with Crippen molar-refractivity contribution in [3.63, 3.8) is 0 Å². The SMILES string of the molecule is Cc1ccc(C)n1[C@H](C)Cn1ccc(-c2ccc(C#N)c(Cl)c2)n1. The molecule has 1 atom stereocenters. The van der Waals surface area contributed by atoms with Crippen LogP contribution in [0.1, 0.15) is 29.9 Å². The number of aryl methyl sites for hydroxylation is 2. The maximum Gasteiger partial charge on any atom is 0.101 e. The van der Waals surface area contributed by atoms with Gasteiger partial charge >= 0.3 is 0 Å². The second kappa shape index (κ2) is 6.54. The maximum absolute atomic E-state index is 8.96. The predicted octanol–water partition coefficient (Wildman–Crippen LogP) is 4.75. The van der Waals surface area contributed by atoms with Gasteiger partial charge in [0.1, 0.15) is 6.07 Å². The standard InChI is InChI=1S/C19H19ClN4/c1-13-4-5-14(2)24(13)15(3)12-23-9-8-19(22-23)16-6-7-17(11-21)18(20)10-16/h4-10,15H,12H2,1-3H3/t15-/m1/s1. The normalized spacial score (nSPS) is 12.1. The Balaban J connectivity index is 1.81. The summed E-state index contributed by atoms with van der Waals surface area (Å²) >= 11 is 6.11. The first-order valence-corrected chi connectivity index (χ1v) is 8.25. The lowest BCUT2D eigenvalue weighted by molar-refractivity contribution is 0.427. The highest BCUT2D eigenvalue weighted by molar-refractivity contribution is 6.32. The average Bonchev–Trinajstić information content (AvgIpc) is 3.14. The number of aromatic nitrogens is 3. The van der Waals surface area contributed by atoms with E-state index in [0.717, 1.165) is 17.8 Å². The lowest BCUT2D eigenvalue weighted by Gasteiger charge is -2.18. The van der Waals surface area contributed by atoms with Gasteiger partial charge < -0.3 is 4.57 Å². The minimum atomic E-state index is 0.317. The van der Waals surface area contributed by atoms with E-state index in [4.69, 9.17) is 16.9 Å². The molecule has 0 spiro atoms. The van der Waals surface area contributed by atoms with Crippen molar-refractivity contribution in [1.82, 2.24) is 14.3 Å². The quantitative estimate of drug-likeness (QED) is 0.688. The molecule has 5 heteroatoms. The van der Waals surface area contributed by atoms with Crippen LogP contribution in [-0.4, -0.2) is 14.3 Å². The highest BCUT2D eigenvalue weighted by Crippen LogP contribution is 2.24. The number of rotatable bonds is 4. The molecule has 2 aromatic heterocycles. The second-order valence-corrected chi connectivity index (χ2v) is 6.47. The van der Waals surface area contributed by atoms with Crippen LogP contribution in [0.3, 0.4) is 0 Å². The van der Waals surface area contributed by atoms with Gasteiger partial charge in [0, 0.05) is 23.1 Å². The smallest absolute Gasteiger partial charge is 0.101 e. The van der Waals surface area contributed by atoms with Gasteiger partial charge in [0.25, 0.3) is 0 Å². The molecule has 1 aromatic carbocycles. The van der Waals surface area contributed by atoms with Gasteiger partial charge in [-0.25, -0.2) is 0 Å². The van der Waals surface area contributed by atoms with Gasteiger partial charge in [-0.15, -0.1) is 0 Å². The Bertz CT molecular complexity index is 894. The zero-order valence-corrected chi connectivity index (χ0v) is 14.7. The molecule has 0 aliphatic rings. The van der Waals surface area contributed by atoms with Gasteiger partial charge in [-0.3, -0.25) is 4.68 Å². The van der Waals surface area contributed by atoms with E-state index in [0.29, 0.717) is 16.6 Å². The molecule has 0 aliphatic heterocycles. The summed E-state index contributed by atoms with van der Waals surface area (Å²) in [7, 11) is 0. The fraction of sp³-hybridized carbons (Fsp3) is 0.263. The molecule has 0 unspecified atom stereocenters. The third-order valence-corrected chi connectivity index (χ3v) is 4.56. The fourth-order valence-electron chi connectivity index (χ4n) is 3.11. The lowest BCUT2D eigenvalue weighted by Crippen LogP contribution is -2.15. The number of hydrogen-bond donors (Lipinski definition) is 0. The molecule has 4 nitrogen and oxygen atoms in total. The molecule has 0 fully saturated rings. The molecule has 0 N–H and O–H groups in total. The van der Waals surface area contributed by atoms with E-state index in [1.807, 2.05) is 23.0 Å². The van der Waals surface area contributed by atoms with Crippen molar-refractivity contribution in [2.45, 2.75) is 33.4 Å². The van der Waals surface area contributed by atoms with E-state index in [1.165, 1.54) is 11.4 Å². The summed E-state index contributed by atoms with van der Waals surface area (Å²) in [5, 5.41) is 14.1. The summed E-state index contributed by atoms with van der Waals surface area (Å²) in [5.74, 6) is 0. The number of nitriles is 1. The number of hydrogen-bond acceptors (Lipinski definition) is 2. The molecule has 0 saturated carbocycles. The zero-order valence-electron chi connectivity index (χ0n) is 14.0. The Morgan fingerprint density at radius 2 is 1.88 bits per heavy atom. The molecule has 0 bridgehead atoms. The van der Waals surface area contributed by atoms with Crippen molar-refractivity contribution in [1.29, 1.82) is 5.26 Å². The van der Waals surface area contributed by atoms with Gasteiger partial charge in [0.05, 0.1) is 28.9 Å². The molecule has 0 radical (unpaired) electrons. The van der Waals surface area contributed by atoms with Gasteiger partial charge in [0.15, 0.2) is 0 Å². The number of halogens is 1. The summed E-state index contributed by atoms with van der Waals surface area (Å²) in [6.45, 7) is 7.23. The summed E-state index contributed by atoms with van der Waals surface area (Å²) in [6.07, 6.45) is 1.98. The van der Waals surface area contributed by atoms with Crippen LogP contribution in [0.5, 0.6) is 0 Å². The van der Waals surface area contributed by atoms with E-state index < -0.39 is 0 Å². The van der Waals surface area contributed by atoms with E-state index in [9.17, 15) is 0 Å². The Kier molecular flexibility index (Phi) is 4.46. The van der Waals surface area contributed by atoms with Crippen LogP contribution in [0.4, 0.5) is 0 Å². The van der Waals surface area contributed by atoms with Crippen molar-refractivity contribution in [2.24, 2.45) is 0 Å². The van der Waals surface area contributed by atoms with Crippen LogP contribution in [0.15, 0.2) is 42.6 Å². The molecular formula is C19H19ClN4. The number of nitrogens with zero attached hydrogens (tertiary/aromatic N) is 4. The average molecular weight is 339 g/mol. The Hall–Kier alpha value is -2.51. The van der Waals surface area contributed by atoms with Crippen LogP contribution in [0.25, 0.3) is 11.3 Å². The summed E-state index contributed by atoms with van der Waals surface area (Å²) in [6, 6.07) is 14.0. The van der Waals surface area contributed by atoms with Gasteiger partial charge in [0.2, 0.25) is 0 Å². The highest BCUT2D eigenvalue weighted by atomic mass is 35.5. The molecule has 3 aromatic rings. The molecule has 0 aliphatic carbocycles. The third kappa shape index (κ3) is 3.08. The minimum absolute atomic E-state index is 0.317. The fourth-order valence-corrected chi connectivity index (χ4v) is 3.33. The topological polar surface area (TPSA) is 46.5 Å². The zero-order chi connectivity index (χ0) is 17.3. The highest BCUT2D eigenvalue weighted by Gasteiger charge is 2.12. The summed E-state index contributed by atoms with van der Waals surface area (Å²) in [4.78, 5) is 0. The third-order valence-electron chi connectivity index (χ3n) is 4.24. The van der Waals surface area contributed by atoms with Crippen molar-refractivity contribution in [3.05, 3.63) is 64.6 Å². The maximum atomic E-state index is 8.96. The summed E-state index contributed by atoms with van der Waals surface area (Å²) < 4.78 is 4.27. The largest absolute Gasteiger partial charge is 0.345 e. The molecule has 0 saturated heterocycles. The van der Waals surface area contributed by atoms with Crippen molar-refractivity contribution < 1.29 is 0 Å². The first-order valence-electron chi connectivity index (χ1n) is 7.87. The first kappa shape index (κ1) is 16.4. The van der Waals surface area contributed by atoms with E-state index in [2.05, 4.69) is 48.6 Å². The minimum Gasteiger partial charge on any atom is -0.345 e. The molecule has 24 heavy (non-hydrogen) atoms. The van der Waals surface area contributed by atoms with Gasteiger partial charge in [-0.1, -0.05) is 17.7 Å². The van der Waals surface area contributed by atoms with Crippen LogP contribution in [0.2, 0.25) is 5.02 Å². The van der Waals surface area contributed by atoms with Crippen LogP contribution < -0.4 is 0 Å². The van der Waals surface area contributed by atoms with E-state index >= 15 is 0 Å². The van der Waals surface area contributed by atoms with E-state index in [-0.39, 0.29) is 0 Å². The van der Waals surface area contributed by atoms with Crippen molar-refractivity contribution in [2.75, 3.05) is 0 Å². The Morgan fingerprint density at radius 3 is 2.50 bits per heavy atom. The Morgan fingerprint density at radius 1 is 1.17 bits per heavy atom. The van der Waals surface area contributed by atoms with Crippen LogP contribution >= 0.6 is 11.6 Å². The van der Waals surface area contributed by atoms with Gasteiger partial charge in [-0.2, -0.15) is 10.4 Å². The molecule has 122 valence electrons. The van der Waals surface area contributed by atoms with Crippen molar-refractivity contribution >= 4 is 11.6 Å². The number of benzene rings is 1. The molecule has 2 heterocycles.